The Morgan fingerprint density at radius 2 is 2.21 bits per heavy atom. The van der Waals surface area contributed by atoms with Gasteiger partial charge in [-0.1, -0.05) is 23.7 Å². The minimum atomic E-state index is -1.57. The number of alkyl carbamates (subject to hydrolysis) is 1. The van der Waals surface area contributed by atoms with E-state index in [-0.39, 0.29) is 17.3 Å². The molecule has 1 aliphatic carbocycles. The van der Waals surface area contributed by atoms with Crippen molar-refractivity contribution in [3.63, 3.8) is 0 Å². The molecule has 0 spiro atoms. The number of nitriles is 1. The maximum absolute atomic E-state index is 15.1. The van der Waals surface area contributed by atoms with Crippen LogP contribution in [0.1, 0.15) is 37.1 Å². The first-order valence-electron chi connectivity index (χ1n) is 11.9. The van der Waals surface area contributed by atoms with Crippen LogP contribution >= 0.6 is 11.6 Å². The summed E-state index contributed by atoms with van der Waals surface area (Å²) in [5.41, 5.74) is 2.46. The van der Waals surface area contributed by atoms with Crippen LogP contribution in [0.5, 0.6) is 0 Å². The van der Waals surface area contributed by atoms with Gasteiger partial charge < -0.3 is 20.1 Å². The van der Waals surface area contributed by atoms with E-state index in [1.165, 1.54) is 0 Å². The van der Waals surface area contributed by atoms with Crippen LogP contribution in [-0.4, -0.2) is 55.3 Å². The molecule has 11 nitrogen and oxygen atoms in total. The molecule has 6 rings (SSSR count). The van der Waals surface area contributed by atoms with E-state index < -0.39 is 24.5 Å². The van der Waals surface area contributed by atoms with Gasteiger partial charge in [0.1, 0.15) is 11.6 Å². The van der Waals surface area contributed by atoms with Crippen LogP contribution in [-0.2, 0) is 9.47 Å². The molecule has 3 aromatic heterocycles. The monoisotopic (exact) mass is 536 g/mol. The largest absolute Gasteiger partial charge is 0.441 e. The van der Waals surface area contributed by atoms with Gasteiger partial charge in [-0.2, -0.15) is 15.5 Å². The number of hydrogen-bond donors (Lipinski definition) is 3. The Kier molecular flexibility index (Phi) is 5.89. The number of nitrogens with one attached hydrogen (secondary N) is 3. The highest BCUT2D eigenvalue weighted by Gasteiger charge is 2.44. The van der Waals surface area contributed by atoms with Gasteiger partial charge in [0.05, 0.1) is 35.8 Å². The van der Waals surface area contributed by atoms with Gasteiger partial charge in [0, 0.05) is 23.2 Å². The lowest BCUT2D eigenvalue weighted by atomic mass is 10.1. The Morgan fingerprint density at radius 3 is 3.00 bits per heavy atom. The van der Waals surface area contributed by atoms with Crippen LogP contribution < -0.4 is 10.6 Å². The van der Waals surface area contributed by atoms with Crippen molar-refractivity contribution in [1.29, 1.82) is 5.26 Å². The maximum Gasteiger partial charge on any atom is 0.408 e. The standard InChI is InChI=1S/C25H22ClFN8O3/c1-25(5-6-25)31-24(36)38-18-12-37-22(21(18)27)15-8-20(33-32-15)30-23-17-9-19(26)34-35(17)11-16(29-23)14-4-2-3-13(7-14)10-28/h2-4,7-9,11,18,21-22H,5-6,12H2,1H3,(H,31,36)(H2,29,30,32,33)/t18-,21+,22-/m1/s1. The molecule has 13 heteroatoms. The zero-order valence-electron chi connectivity index (χ0n) is 20.1. The molecule has 194 valence electrons. The lowest BCUT2D eigenvalue weighted by molar-refractivity contribution is 0.0604. The van der Waals surface area contributed by atoms with Crippen LogP contribution in [0.15, 0.2) is 42.6 Å². The fourth-order valence-electron chi connectivity index (χ4n) is 4.27. The number of ether oxygens (including phenoxy) is 2. The summed E-state index contributed by atoms with van der Waals surface area (Å²) >= 11 is 6.15. The molecular weight excluding hydrogens is 515 g/mol. The summed E-state index contributed by atoms with van der Waals surface area (Å²) < 4.78 is 27.6. The quantitative estimate of drug-likeness (QED) is 0.328. The zero-order valence-corrected chi connectivity index (χ0v) is 20.9. The topological polar surface area (TPSA) is 142 Å². The summed E-state index contributed by atoms with van der Waals surface area (Å²) in [5, 5.41) is 26.7. The highest BCUT2D eigenvalue weighted by molar-refractivity contribution is 6.29. The number of alkyl halides is 1. The van der Waals surface area contributed by atoms with Gasteiger partial charge in [0.2, 0.25) is 0 Å². The minimum Gasteiger partial charge on any atom is -0.441 e. The van der Waals surface area contributed by atoms with E-state index in [9.17, 15) is 10.1 Å². The van der Waals surface area contributed by atoms with Gasteiger partial charge in [-0.25, -0.2) is 18.7 Å². The normalized spacial score (nSPS) is 21.7. The maximum atomic E-state index is 15.1. The lowest BCUT2D eigenvalue weighted by Gasteiger charge is -2.17. The van der Waals surface area contributed by atoms with E-state index in [4.69, 9.17) is 26.1 Å². The van der Waals surface area contributed by atoms with Crippen molar-refractivity contribution < 1.29 is 18.7 Å². The molecule has 1 aliphatic heterocycles. The third-order valence-electron chi connectivity index (χ3n) is 6.61. The first-order valence-corrected chi connectivity index (χ1v) is 12.3. The molecule has 38 heavy (non-hydrogen) atoms. The number of rotatable bonds is 6. The van der Waals surface area contributed by atoms with Crippen LogP contribution in [0.3, 0.4) is 0 Å². The van der Waals surface area contributed by atoms with Crippen LogP contribution in [0, 0.1) is 11.3 Å². The summed E-state index contributed by atoms with van der Waals surface area (Å²) in [6, 6.07) is 12.4. The average molecular weight is 537 g/mol. The van der Waals surface area contributed by atoms with Crippen LogP contribution in [0.2, 0.25) is 5.15 Å². The summed E-state index contributed by atoms with van der Waals surface area (Å²) in [6.07, 6.45) is -0.784. The highest BCUT2D eigenvalue weighted by Crippen LogP contribution is 2.36. The molecule has 0 radical (unpaired) electrons. The Balaban J connectivity index is 1.21. The highest BCUT2D eigenvalue weighted by atomic mass is 35.5. The molecule has 1 amide bonds. The summed E-state index contributed by atoms with van der Waals surface area (Å²) in [5.74, 6) is 0.757. The molecular formula is C25H22ClFN8O3. The average Bonchev–Trinajstić information content (AvgIpc) is 3.21. The van der Waals surface area contributed by atoms with E-state index in [1.54, 1.807) is 41.0 Å². The van der Waals surface area contributed by atoms with Crippen molar-refractivity contribution >= 4 is 34.8 Å². The smallest absolute Gasteiger partial charge is 0.408 e. The number of H-pyrrole nitrogens is 1. The number of halogens is 2. The molecule has 3 N–H and O–H groups in total. The van der Waals surface area contributed by atoms with Gasteiger partial charge >= 0.3 is 6.09 Å². The molecule has 1 aromatic carbocycles. The number of benzene rings is 1. The molecule has 0 bridgehead atoms. The van der Waals surface area contributed by atoms with Crippen LogP contribution in [0.4, 0.5) is 20.8 Å². The zero-order chi connectivity index (χ0) is 26.4. The predicted molar refractivity (Wildman–Crippen MR) is 135 cm³/mol. The number of aromatic amines is 1. The molecule has 2 fully saturated rings. The second-order valence-corrected chi connectivity index (χ2v) is 10.0. The molecule has 4 heterocycles. The second kappa shape index (κ2) is 9.27. The van der Waals surface area contributed by atoms with Crippen molar-refractivity contribution in [3.8, 4) is 17.3 Å². The van der Waals surface area contributed by atoms with Crippen molar-refractivity contribution in [2.24, 2.45) is 0 Å². The summed E-state index contributed by atoms with van der Waals surface area (Å²) in [4.78, 5) is 16.8. The van der Waals surface area contributed by atoms with E-state index >= 15 is 4.39 Å². The van der Waals surface area contributed by atoms with Gasteiger partial charge in [-0.15, -0.1) is 0 Å². The Bertz CT molecular complexity index is 1580. The van der Waals surface area contributed by atoms with Gasteiger partial charge in [0.15, 0.2) is 29.1 Å². The minimum absolute atomic E-state index is 0.0714. The molecule has 2 aliphatic rings. The number of amides is 1. The van der Waals surface area contributed by atoms with Crippen molar-refractivity contribution in [2.45, 2.75) is 43.7 Å². The van der Waals surface area contributed by atoms with Gasteiger partial charge in [-0.05, 0) is 31.9 Å². The van der Waals surface area contributed by atoms with Crippen molar-refractivity contribution in [3.05, 3.63) is 59.0 Å². The number of hydrogen-bond acceptors (Lipinski definition) is 8. The predicted octanol–water partition coefficient (Wildman–Crippen LogP) is 4.44. The van der Waals surface area contributed by atoms with E-state index in [1.807, 2.05) is 13.0 Å². The van der Waals surface area contributed by atoms with Crippen LogP contribution in [0.25, 0.3) is 16.8 Å². The second-order valence-electron chi connectivity index (χ2n) is 9.63. The van der Waals surface area contributed by atoms with E-state index in [2.05, 4.69) is 32.0 Å². The number of fused-ring (bicyclic) bond motifs is 1. The van der Waals surface area contributed by atoms with Gasteiger partial charge in [0.25, 0.3) is 0 Å². The Morgan fingerprint density at radius 1 is 1.37 bits per heavy atom. The van der Waals surface area contributed by atoms with E-state index in [0.29, 0.717) is 39.7 Å². The number of aromatic nitrogens is 5. The molecule has 4 aromatic rings. The van der Waals surface area contributed by atoms with Crippen molar-refractivity contribution in [1.82, 2.24) is 30.1 Å². The number of carbonyl (C=O) groups is 1. The Labute approximate surface area is 220 Å². The third-order valence-corrected chi connectivity index (χ3v) is 6.79. The molecule has 0 unspecified atom stereocenters. The molecule has 1 saturated carbocycles. The molecule has 3 atom stereocenters. The number of anilines is 2. The first kappa shape index (κ1) is 24.1. The van der Waals surface area contributed by atoms with Crippen molar-refractivity contribution in [2.75, 3.05) is 11.9 Å². The van der Waals surface area contributed by atoms with Gasteiger partial charge in [-0.3, -0.25) is 5.10 Å². The summed E-state index contributed by atoms with van der Waals surface area (Å²) in [7, 11) is 0. The lowest BCUT2D eigenvalue weighted by Crippen LogP contribution is -2.39. The fraction of sp³-hybridized carbons (Fsp3) is 0.320. The first-order chi connectivity index (χ1) is 18.3. The third kappa shape index (κ3) is 4.73. The SMILES string of the molecule is CC1(NC(=O)O[C@@H]2CO[C@H](c3cc(Nc4nc(-c5cccc(C#N)c5)cn5nc(Cl)cc45)n[nH]3)[C@H]2F)CC1. The fourth-order valence-corrected chi connectivity index (χ4v) is 4.46. The number of nitrogens with zero attached hydrogens (tertiary/aromatic N) is 5. The Hall–Kier alpha value is -4.21. The number of carbonyl (C=O) groups excluding carboxylic acids is 1. The molecule has 1 saturated heterocycles. The summed E-state index contributed by atoms with van der Waals surface area (Å²) in [6.45, 7) is 1.84. The van der Waals surface area contributed by atoms with E-state index in [0.717, 1.165) is 12.8 Å².